The number of hydrogen-bond donors (Lipinski definition) is 2. The van der Waals surface area contributed by atoms with E-state index < -0.39 is 0 Å². The van der Waals surface area contributed by atoms with Gasteiger partial charge in [-0.2, -0.15) is 0 Å². The second-order valence-electron chi connectivity index (χ2n) is 9.41. The number of para-hydroxylation sites is 1. The quantitative estimate of drug-likeness (QED) is 0.252. The smallest absolute Gasteiger partial charge is 0.157 e. The Bertz CT molecular complexity index is 864. The van der Waals surface area contributed by atoms with E-state index in [0.717, 1.165) is 58.5 Å². The number of aromatic hydroxyl groups is 2. The fourth-order valence-electron chi connectivity index (χ4n) is 5.36. The molecule has 8 heteroatoms. The van der Waals surface area contributed by atoms with Crippen LogP contribution < -0.4 is 4.90 Å². The molecule has 2 aromatic rings. The molecule has 2 aromatic carbocycles. The van der Waals surface area contributed by atoms with Gasteiger partial charge in [0, 0.05) is 37.9 Å². The zero-order valence-electron chi connectivity index (χ0n) is 20.8. The van der Waals surface area contributed by atoms with Crippen LogP contribution in [0.2, 0.25) is 0 Å². The van der Waals surface area contributed by atoms with E-state index in [0.29, 0.717) is 6.04 Å². The van der Waals surface area contributed by atoms with Crippen molar-refractivity contribution >= 4 is 56.6 Å². The summed E-state index contributed by atoms with van der Waals surface area (Å²) in [6.07, 6.45) is 6.77. The fraction of sp³-hybridized carbons (Fsp3) is 0.556. The van der Waals surface area contributed by atoms with E-state index in [-0.39, 0.29) is 62.4 Å². The van der Waals surface area contributed by atoms with Gasteiger partial charge in [-0.15, -0.1) is 50.9 Å². The number of unbranched alkanes of at least 4 members (excludes halogenated alkanes) is 1. The van der Waals surface area contributed by atoms with Crippen molar-refractivity contribution in [1.29, 1.82) is 0 Å². The van der Waals surface area contributed by atoms with E-state index in [2.05, 4.69) is 52.0 Å². The Morgan fingerprint density at radius 1 is 0.857 bits per heavy atom. The van der Waals surface area contributed by atoms with E-state index >= 15 is 0 Å². The van der Waals surface area contributed by atoms with Crippen molar-refractivity contribution in [2.45, 2.75) is 51.5 Å². The number of benzene rings is 2. The van der Waals surface area contributed by atoms with Gasteiger partial charge in [-0.3, -0.25) is 4.90 Å². The molecule has 1 heterocycles. The Kier molecular flexibility index (Phi) is 14.9. The molecule has 4 rings (SSSR count). The zero-order chi connectivity index (χ0) is 22.3. The lowest BCUT2D eigenvalue weighted by molar-refractivity contribution is 0.171. The number of aryl methyl sites for hydroxylation is 1. The molecule has 1 fully saturated rings. The molecule has 0 aromatic heterocycles. The van der Waals surface area contributed by atoms with E-state index in [9.17, 15) is 10.2 Å². The van der Waals surface area contributed by atoms with Gasteiger partial charge in [0.05, 0.1) is 0 Å². The van der Waals surface area contributed by atoms with Gasteiger partial charge >= 0.3 is 0 Å². The summed E-state index contributed by atoms with van der Waals surface area (Å²) in [6.45, 7) is 10.3. The third-order valence-electron chi connectivity index (χ3n) is 7.19. The maximum atomic E-state index is 9.91. The summed E-state index contributed by atoms with van der Waals surface area (Å²) < 4.78 is 0. The standard InChI is InChI=1S/C27H39N3O2.3BrH/c1-2-12-29(25-11-10-22-20-26(31)27(32)21-23(22)19-25)14-7-6-13-28-15-17-30(18-16-28)24-8-4-3-5-9-24;;;/h3-5,8-9,20-21,25,31-32H,2,6-7,10-19H2,1H3;3*1H. The van der Waals surface area contributed by atoms with Crippen LogP contribution in [0.3, 0.4) is 0 Å². The molecule has 2 N–H and O–H groups in total. The van der Waals surface area contributed by atoms with Crippen LogP contribution in [0.25, 0.3) is 0 Å². The second kappa shape index (κ2) is 16.1. The first kappa shape index (κ1) is 32.2. The van der Waals surface area contributed by atoms with Gasteiger partial charge in [-0.1, -0.05) is 25.1 Å². The first-order chi connectivity index (χ1) is 15.6. The average Bonchev–Trinajstić information content (AvgIpc) is 2.82. The molecule has 1 atom stereocenters. The van der Waals surface area contributed by atoms with Gasteiger partial charge < -0.3 is 20.0 Å². The van der Waals surface area contributed by atoms with Crippen LogP contribution in [0.4, 0.5) is 5.69 Å². The van der Waals surface area contributed by atoms with Crippen LogP contribution in [0.1, 0.15) is 43.7 Å². The highest BCUT2D eigenvalue weighted by atomic mass is 79.9. The lowest BCUT2D eigenvalue weighted by Gasteiger charge is -2.37. The van der Waals surface area contributed by atoms with Crippen molar-refractivity contribution in [3.63, 3.8) is 0 Å². The molecule has 1 unspecified atom stereocenters. The van der Waals surface area contributed by atoms with Gasteiger partial charge in [0.25, 0.3) is 0 Å². The van der Waals surface area contributed by atoms with Crippen molar-refractivity contribution in [1.82, 2.24) is 9.80 Å². The molecular formula is C27H42Br3N3O2. The minimum atomic E-state index is 0. The lowest BCUT2D eigenvalue weighted by atomic mass is 9.87. The highest BCUT2D eigenvalue weighted by molar-refractivity contribution is 8.93. The van der Waals surface area contributed by atoms with Crippen molar-refractivity contribution in [3.05, 3.63) is 53.6 Å². The van der Waals surface area contributed by atoms with Gasteiger partial charge in [0.1, 0.15) is 0 Å². The summed E-state index contributed by atoms with van der Waals surface area (Å²) in [4.78, 5) is 7.79. The molecule has 0 radical (unpaired) electrons. The van der Waals surface area contributed by atoms with Crippen LogP contribution in [-0.2, 0) is 12.8 Å². The highest BCUT2D eigenvalue weighted by Gasteiger charge is 2.25. The minimum absolute atomic E-state index is 0. The Morgan fingerprint density at radius 2 is 1.51 bits per heavy atom. The van der Waals surface area contributed by atoms with Gasteiger partial charge in [-0.25, -0.2) is 0 Å². The predicted molar refractivity (Wildman–Crippen MR) is 163 cm³/mol. The Hall–Kier alpha value is -0.800. The Balaban J connectivity index is 0.00000204. The normalized spacial score (nSPS) is 17.7. The molecule has 198 valence electrons. The minimum Gasteiger partial charge on any atom is -0.504 e. The number of piperazine rings is 1. The largest absolute Gasteiger partial charge is 0.504 e. The van der Waals surface area contributed by atoms with E-state index in [4.69, 9.17) is 0 Å². The summed E-state index contributed by atoms with van der Waals surface area (Å²) in [6, 6.07) is 14.8. The zero-order valence-corrected chi connectivity index (χ0v) is 25.9. The molecule has 0 saturated carbocycles. The molecule has 35 heavy (non-hydrogen) atoms. The van der Waals surface area contributed by atoms with E-state index in [1.54, 1.807) is 12.1 Å². The van der Waals surface area contributed by atoms with Gasteiger partial charge in [0.15, 0.2) is 11.5 Å². The molecule has 0 amide bonds. The number of anilines is 1. The molecule has 1 aliphatic heterocycles. The van der Waals surface area contributed by atoms with Crippen LogP contribution in [0, 0.1) is 0 Å². The number of nitrogens with zero attached hydrogens (tertiary/aromatic N) is 3. The summed E-state index contributed by atoms with van der Waals surface area (Å²) in [7, 11) is 0. The third kappa shape index (κ3) is 8.92. The van der Waals surface area contributed by atoms with Crippen LogP contribution in [0.15, 0.2) is 42.5 Å². The number of hydrogen-bond acceptors (Lipinski definition) is 5. The Labute approximate surface area is 242 Å². The molecule has 2 aliphatic rings. The topological polar surface area (TPSA) is 50.2 Å². The molecule has 0 spiro atoms. The predicted octanol–water partition coefficient (Wildman–Crippen LogP) is 6.00. The van der Waals surface area contributed by atoms with Crippen molar-refractivity contribution < 1.29 is 10.2 Å². The molecule has 1 aliphatic carbocycles. The fourth-order valence-corrected chi connectivity index (χ4v) is 5.36. The SMILES string of the molecule is Br.Br.Br.CCCN(CCCCN1CCN(c2ccccc2)CC1)C1CCc2cc(O)c(O)cc2C1. The van der Waals surface area contributed by atoms with E-state index in [1.807, 2.05) is 0 Å². The number of phenols is 2. The Morgan fingerprint density at radius 3 is 2.17 bits per heavy atom. The number of halogens is 3. The number of rotatable bonds is 9. The molecule has 1 saturated heterocycles. The lowest BCUT2D eigenvalue weighted by Crippen LogP contribution is -2.46. The van der Waals surface area contributed by atoms with Gasteiger partial charge in [0.2, 0.25) is 0 Å². The first-order valence-electron chi connectivity index (χ1n) is 12.4. The number of phenolic OH excluding ortho intramolecular Hbond substituents is 2. The number of fused-ring (bicyclic) bond motifs is 1. The second-order valence-corrected chi connectivity index (χ2v) is 9.41. The van der Waals surface area contributed by atoms with Crippen molar-refractivity contribution in [2.24, 2.45) is 0 Å². The van der Waals surface area contributed by atoms with Gasteiger partial charge in [-0.05, 0) is 93.6 Å². The monoisotopic (exact) mass is 677 g/mol. The molecular weight excluding hydrogens is 638 g/mol. The summed E-state index contributed by atoms with van der Waals surface area (Å²) in [5.74, 6) is 0.0241. The molecule has 0 bridgehead atoms. The third-order valence-corrected chi connectivity index (χ3v) is 7.19. The first-order valence-corrected chi connectivity index (χ1v) is 12.4. The van der Waals surface area contributed by atoms with E-state index in [1.165, 1.54) is 42.6 Å². The summed E-state index contributed by atoms with van der Waals surface area (Å²) >= 11 is 0. The van der Waals surface area contributed by atoms with Crippen LogP contribution in [-0.4, -0.2) is 71.9 Å². The highest BCUT2D eigenvalue weighted by Crippen LogP contribution is 2.33. The van der Waals surface area contributed by atoms with Crippen molar-refractivity contribution in [3.8, 4) is 11.5 Å². The van der Waals surface area contributed by atoms with Crippen LogP contribution >= 0.6 is 50.9 Å². The van der Waals surface area contributed by atoms with Crippen molar-refractivity contribution in [2.75, 3.05) is 50.7 Å². The van der Waals surface area contributed by atoms with Crippen LogP contribution in [0.5, 0.6) is 11.5 Å². The summed E-state index contributed by atoms with van der Waals surface area (Å²) in [5, 5.41) is 19.7. The maximum absolute atomic E-state index is 9.91. The maximum Gasteiger partial charge on any atom is 0.157 e. The average molecular weight is 680 g/mol. The molecule has 5 nitrogen and oxygen atoms in total. The summed E-state index contributed by atoms with van der Waals surface area (Å²) in [5.41, 5.74) is 3.75.